The molecule has 2 fully saturated rings. The third-order valence-corrected chi connectivity index (χ3v) is 5.95. The Morgan fingerprint density at radius 2 is 1.92 bits per heavy atom. The van der Waals surface area contributed by atoms with Crippen LogP contribution in [0.2, 0.25) is 0 Å². The fraction of sp³-hybridized carbons (Fsp3) is 0.650. The lowest BCUT2D eigenvalue weighted by molar-refractivity contribution is -0.898. The molecule has 1 aliphatic carbocycles. The van der Waals surface area contributed by atoms with Crippen molar-refractivity contribution in [2.24, 2.45) is 0 Å². The van der Waals surface area contributed by atoms with Crippen LogP contribution in [0.25, 0.3) is 0 Å². The number of anilines is 2. The summed E-state index contributed by atoms with van der Waals surface area (Å²) < 4.78 is 0. The highest BCUT2D eigenvalue weighted by atomic mass is 32.1. The van der Waals surface area contributed by atoms with Crippen LogP contribution in [0, 0.1) is 6.92 Å². The molecule has 1 aromatic rings. The van der Waals surface area contributed by atoms with E-state index >= 15 is 0 Å². The second-order valence-electron chi connectivity index (χ2n) is 7.52. The average Bonchev–Trinajstić information content (AvgIpc) is 2.64. The van der Waals surface area contributed by atoms with Gasteiger partial charge in [-0.15, -0.1) is 0 Å². The van der Waals surface area contributed by atoms with Crippen molar-refractivity contribution < 1.29 is 4.90 Å². The molecule has 0 atom stereocenters. The van der Waals surface area contributed by atoms with Gasteiger partial charge in [-0.05, 0) is 62.7 Å². The Bertz CT molecular complexity index is 575. The zero-order chi connectivity index (χ0) is 17.6. The molecule has 0 bridgehead atoms. The molecule has 0 unspecified atom stereocenters. The van der Waals surface area contributed by atoms with Gasteiger partial charge in [0, 0.05) is 17.4 Å². The topological polar surface area (TPSA) is 31.7 Å². The standard InChI is InChI=1S/C20H32N4S/c1-3-23-11-13-24(14-12-23)18-9-10-19(16(2)15-18)22-20(25)21-17-7-5-4-6-8-17/h9-10,15,17H,3-8,11-14H2,1-2H3,(H2,21,22,25)/p+1. The van der Waals surface area contributed by atoms with E-state index in [0.29, 0.717) is 6.04 Å². The number of aryl methyl sites for hydroxylation is 1. The van der Waals surface area contributed by atoms with E-state index < -0.39 is 0 Å². The Hall–Kier alpha value is -1.33. The number of nitrogens with zero attached hydrogens (tertiary/aromatic N) is 1. The molecule has 0 aromatic heterocycles. The van der Waals surface area contributed by atoms with Gasteiger partial charge in [0.25, 0.3) is 0 Å². The number of nitrogens with one attached hydrogen (secondary N) is 3. The van der Waals surface area contributed by atoms with Crippen LogP contribution in [-0.2, 0) is 0 Å². The predicted octanol–water partition coefficient (Wildman–Crippen LogP) is 2.34. The Kier molecular flexibility index (Phi) is 6.54. The van der Waals surface area contributed by atoms with Gasteiger partial charge in [-0.3, -0.25) is 0 Å². The highest BCUT2D eigenvalue weighted by molar-refractivity contribution is 7.80. The van der Waals surface area contributed by atoms with E-state index in [9.17, 15) is 0 Å². The number of rotatable bonds is 4. The van der Waals surface area contributed by atoms with Gasteiger partial charge in [0.1, 0.15) is 0 Å². The fourth-order valence-corrected chi connectivity index (χ4v) is 4.29. The van der Waals surface area contributed by atoms with Gasteiger partial charge in [0.15, 0.2) is 5.11 Å². The van der Waals surface area contributed by atoms with Gasteiger partial charge in [-0.1, -0.05) is 19.3 Å². The average molecular weight is 362 g/mol. The van der Waals surface area contributed by atoms with Crippen LogP contribution in [0.15, 0.2) is 18.2 Å². The van der Waals surface area contributed by atoms with Crippen molar-refractivity contribution in [1.82, 2.24) is 5.32 Å². The van der Waals surface area contributed by atoms with Crippen molar-refractivity contribution in [3.8, 4) is 0 Å². The van der Waals surface area contributed by atoms with E-state index in [1.54, 1.807) is 4.90 Å². The highest BCUT2D eigenvalue weighted by Gasteiger charge is 2.19. The summed E-state index contributed by atoms with van der Waals surface area (Å²) in [5, 5.41) is 7.66. The maximum Gasteiger partial charge on any atom is 0.171 e. The van der Waals surface area contributed by atoms with Crippen LogP contribution < -0.4 is 20.4 Å². The van der Waals surface area contributed by atoms with E-state index in [2.05, 4.69) is 47.6 Å². The van der Waals surface area contributed by atoms with Gasteiger partial charge < -0.3 is 20.4 Å². The molecule has 1 aromatic carbocycles. The minimum Gasteiger partial charge on any atom is -0.360 e. The lowest BCUT2D eigenvalue weighted by Gasteiger charge is -2.33. The predicted molar refractivity (Wildman–Crippen MR) is 111 cm³/mol. The minimum absolute atomic E-state index is 0.547. The van der Waals surface area contributed by atoms with E-state index in [0.717, 1.165) is 23.9 Å². The third-order valence-electron chi connectivity index (χ3n) is 5.73. The van der Waals surface area contributed by atoms with Crippen LogP contribution in [-0.4, -0.2) is 43.9 Å². The van der Waals surface area contributed by atoms with Crippen molar-refractivity contribution in [3.05, 3.63) is 23.8 Å². The molecule has 25 heavy (non-hydrogen) atoms. The molecule has 2 aliphatic rings. The number of piperazine rings is 1. The monoisotopic (exact) mass is 361 g/mol. The molecule has 138 valence electrons. The first kappa shape index (κ1) is 18.5. The minimum atomic E-state index is 0.547. The van der Waals surface area contributed by atoms with Crippen LogP contribution in [0.4, 0.5) is 11.4 Å². The number of hydrogen-bond acceptors (Lipinski definition) is 2. The van der Waals surface area contributed by atoms with Crippen molar-refractivity contribution in [3.63, 3.8) is 0 Å². The normalized spacial score (nSPS) is 19.7. The lowest BCUT2D eigenvalue weighted by atomic mass is 9.96. The number of likely N-dealkylation sites (N-methyl/N-ethyl adjacent to an activating group) is 1. The third kappa shape index (κ3) is 5.08. The Balaban J connectivity index is 1.55. The summed E-state index contributed by atoms with van der Waals surface area (Å²) in [5.41, 5.74) is 3.72. The molecule has 1 heterocycles. The molecule has 0 spiro atoms. The summed E-state index contributed by atoms with van der Waals surface area (Å²) in [6, 6.07) is 7.25. The summed E-state index contributed by atoms with van der Waals surface area (Å²) >= 11 is 5.53. The Labute approximate surface area is 158 Å². The molecule has 0 amide bonds. The van der Waals surface area contributed by atoms with Crippen LogP contribution >= 0.6 is 12.2 Å². The quantitative estimate of drug-likeness (QED) is 0.719. The Morgan fingerprint density at radius 1 is 1.20 bits per heavy atom. The van der Waals surface area contributed by atoms with Gasteiger partial charge >= 0.3 is 0 Å². The van der Waals surface area contributed by atoms with Crippen LogP contribution in [0.3, 0.4) is 0 Å². The summed E-state index contributed by atoms with van der Waals surface area (Å²) in [4.78, 5) is 4.22. The summed E-state index contributed by atoms with van der Waals surface area (Å²) in [6.45, 7) is 10.5. The number of hydrogen-bond donors (Lipinski definition) is 3. The molecule has 5 heteroatoms. The van der Waals surface area contributed by atoms with E-state index in [4.69, 9.17) is 12.2 Å². The van der Waals surface area contributed by atoms with Crippen molar-refractivity contribution in [2.75, 3.05) is 42.9 Å². The first-order valence-corrected chi connectivity index (χ1v) is 10.3. The van der Waals surface area contributed by atoms with Gasteiger partial charge in [-0.25, -0.2) is 0 Å². The molecule has 3 rings (SSSR count). The first-order chi connectivity index (χ1) is 12.2. The second kappa shape index (κ2) is 8.86. The van der Waals surface area contributed by atoms with Crippen LogP contribution in [0.5, 0.6) is 0 Å². The van der Waals surface area contributed by atoms with Crippen molar-refractivity contribution in [2.45, 2.75) is 52.0 Å². The Morgan fingerprint density at radius 3 is 2.56 bits per heavy atom. The SMILES string of the molecule is CC[NH+]1CCN(c2ccc(NC(=S)NC3CCCCC3)c(C)c2)CC1. The zero-order valence-corrected chi connectivity index (χ0v) is 16.6. The van der Waals surface area contributed by atoms with E-state index in [1.165, 1.54) is 63.0 Å². The smallest absolute Gasteiger partial charge is 0.171 e. The molecule has 3 N–H and O–H groups in total. The molecule has 1 saturated heterocycles. The van der Waals surface area contributed by atoms with Gasteiger partial charge in [-0.2, -0.15) is 0 Å². The first-order valence-electron chi connectivity index (χ1n) is 9.92. The van der Waals surface area contributed by atoms with Crippen molar-refractivity contribution in [1.29, 1.82) is 0 Å². The molecule has 0 radical (unpaired) electrons. The highest BCUT2D eigenvalue weighted by Crippen LogP contribution is 2.23. The summed E-state index contributed by atoms with van der Waals surface area (Å²) in [5.74, 6) is 0. The molecule has 1 saturated carbocycles. The number of thiocarbonyl (C=S) groups is 1. The molecular weight excluding hydrogens is 328 g/mol. The maximum absolute atomic E-state index is 5.53. The van der Waals surface area contributed by atoms with Gasteiger partial charge in [0.05, 0.1) is 32.7 Å². The fourth-order valence-electron chi connectivity index (χ4n) is 4.01. The summed E-state index contributed by atoms with van der Waals surface area (Å²) in [6.07, 6.45) is 6.49. The van der Waals surface area contributed by atoms with E-state index in [1.807, 2.05) is 0 Å². The zero-order valence-electron chi connectivity index (χ0n) is 15.7. The largest absolute Gasteiger partial charge is 0.360 e. The summed E-state index contributed by atoms with van der Waals surface area (Å²) in [7, 11) is 0. The van der Waals surface area contributed by atoms with Crippen LogP contribution in [0.1, 0.15) is 44.6 Å². The molecular formula is C20H33N4S+. The molecule has 1 aliphatic heterocycles. The van der Waals surface area contributed by atoms with Crippen molar-refractivity contribution >= 4 is 28.7 Å². The molecule has 4 nitrogen and oxygen atoms in total. The maximum atomic E-state index is 5.53. The van der Waals surface area contributed by atoms with E-state index in [-0.39, 0.29) is 0 Å². The number of benzene rings is 1. The van der Waals surface area contributed by atoms with Gasteiger partial charge in [0.2, 0.25) is 0 Å². The number of quaternary nitrogens is 1. The second-order valence-corrected chi connectivity index (χ2v) is 7.93. The lowest BCUT2D eigenvalue weighted by Crippen LogP contribution is -3.14.